The van der Waals surface area contributed by atoms with Crippen molar-refractivity contribution in [2.24, 2.45) is 5.92 Å². The molecule has 0 aromatic heterocycles. The van der Waals surface area contributed by atoms with Crippen LogP contribution in [0.25, 0.3) is 0 Å². The lowest BCUT2D eigenvalue weighted by Crippen LogP contribution is -2.30. The minimum absolute atomic E-state index is 0.0195. The van der Waals surface area contributed by atoms with Gasteiger partial charge in [0.15, 0.2) is 11.5 Å². The average Bonchev–Trinajstić information content (AvgIpc) is 3.06. The van der Waals surface area contributed by atoms with Gasteiger partial charge in [0.05, 0.1) is 20.1 Å². The fourth-order valence-corrected chi connectivity index (χ4v) is 3.76. The molecule has 1 N–H and O–H groups in total. The molecule has 1 atom stereocenters. The standard InChI is InChI=1S/C23H28N2O4/c1-15-9-16(2)11-19(10-15)24-23(27)18-13-22(26)25(14-18)8-7-17-5-6-20(28-3)21(12-17)29-4/h5-6,9-12,18H,7-8,13-14H2,1-4H3,(H,24,27). The van der Waals surface area contributed by atoms with Crippen LogP contribution in [0.5, 0.6) is 11.5 Å². The molecule has 2 amide bonds. The van der Waals surface area contributed by atoms with E-state index in [0.29, 0.717) is 31.0 Å². The van der Waals surface area contributed by atoms with Crippen molar-refractivity contribution in [2.75, 3.05) is 32.6 Å². The Morgan fingerprint density at radius 3 is 2.41 bits per heavy atom. The Labute approximate surface area is 171 Å². The van der Waals surface area contributed by atoms with Gasteiger partial charge in [-0.3, -0.25) is 9.59 Å². The molecule has 29 heavy (non-hydrogen) atoms. The van der Waals surface area contributed by atoms with Gasteiger partial charge in [0, 0.05) is 25.2 Å². The van der Waals surface area contributed by atoms with Gasteiger partial charge < -0.3 is 19.7 Å². The van der Waals surface area contributed by atoms with E-state index in [1.165, 1.54) is 0 Å². The monoisotopic (exact) mass is 396 g/mol. The molecule has 1 aliphatic heterocycles. The van der Waals surface area contributed by atoms with Crippen LogP contribution in [-0.2, 0) is 16.0 Å². The molecule has 1 saturated heterocycles. The Balaban J connectivity index is 1.58. The Hall–Kier alpha value is -3.02. The van der Waals surface area contributed by atoms with Crippen molar-refractivity contribution in [1.82, 2.24) is 4.90 Å². The Morgan fingerprint density at radius 1 is 1.07 bits per heavy atom. The smallest absolute Gasteiger partial charge is 0.229 e. The first kappa shape index (κ1) is 20.7. The van der Waals surface area contributed by atoms with Crippen LogP contribution >= 0.6 is 0 Å². The second-order valence-corrected chi connectivity index (χ2v) is 7.55. The van der Waals surface area contributed by atoms with Crippen LogP contribution in [0.2, 0.25) is 0 Å². The normalized spacial score (nSPS) is 16.1. The molecule has 1 aliphatic rings. The van der Waals surface area contributed by atoms with Crippen molar-refractivity contribution in [3.05, 3.63) is 53.1 Å². The van der Waals surface area contributed by atoms with Crippen LogP contribution in [0.4, 0.5) is 5.69 Å². The summed E-state index contributed by atoms with van der Waals surface area (Å²) >= 11 is 0. The summed E-state index contributed by atoms with van der Waals surface area (Å²) in [6.07, 6.45) is 0.945. The summed E-state index contributed by atoms with van der Waals surface area (Å²) < 4.78 is 10.6. The van der Waals surface area contributed by atoms with Crippen molar-refractivity contribution in [2.45, 2.75) is 26.7 Å². The highest BCUT2D eigenvalue weighted by Gasteiger charge is 2.34. The first-order valence-corrected chi connectivity index (χ1v) is 9.77. The average molecular weight is 396 g/mol. The van der Waals surface area contributed by atoms with Gasteiger partial charge in [0.2, 0.25) is 11.8 Å². The number of aryl methyl sites for hydroxylation is 2. The summed E-state index contributed by atoms with van der Waals surface area (Å²) in [6, 6.07) is 11.7. The third-order valence-electron chi connectivity index (χ3n) is 5.19. The summed E-state index contributed by atoms with van der Waals surface area (Å²) in [4.78, 5) is 26.8. The van der Waals surface area contributed by atoms with Crippen molar-refractivity contribution in [3.63, 3.8) is 0 Å². The molecule has 2 aromatic rings. The summed E-state index contributed by atoms with van der Waals surface area (Å²) in [5.74, 6) is 0.941. The Bertz CT molecular complexity index is 889. The number of nitrogens with zero attached hydrogens (tertiary/aromatic N) is 1. The van der Waals surface area contributed by atoms with E-state index in [2.05, 4.69) is 11.4 Å². The first-order chi connectivity index (χ1) is 13.9. The predicted molar refractivity (Wildman–Crippen MR) is 112 cm³/mol. The number of carbonyl (C=O) groups is 2. The van der Waals surface area contributed by atoms with Crippen LogP contribution in [0, 0.1) is 19.8 Å². The quantitative estimate of drug-likeness (QED) is 0.779. The van der Waals surface area contributed by atoms with E-state index in [4.69, 9.17) is 9.47 Å². The third kappa shape index (κ3) is 5.08. The second kappa shape index (κ2) is 8.99. The number of anilines is 1. The molecule has 0 radical (unpaired) electrons. The van der Waals surface area contributed by atoms with Crippen LogP contribution in [0.3, 0.4) is 0 Å². The maximum absolute atomic E-state index is 12.6. The molecule has 3 rings (SSSR count). The highest BCUT2D eigenvalue weighted by Crippen LogP contribution is 2.28. The van der Waals surface area contributed by atoms with E-state index >= 15 is 0 Å². The minimum Gasteiger partial charge on any atom is -0.493 e. The van der Waals surface area contributed by atoms with Crippen LogP contribution in [0.1, 0.15) is 23.1 Å². The number of methoxy groups -OCH3 is 2. The number of benzene rings is 2. The molecule has 1 fully saturated rings. The fourth-order valence-electron chi connectivity index (χ4n) is 3.76. The number of ether oxygens (including phenoxy) is 2. The number of rotatable bonds is 7. The van der Waals surface area contributed by atoms with Crippen LogP contribution in [0.15, 0.2) is 36.4 Å². The van der Waals surface area contributed by atoms with Gasteiger partial charge in [-0.15, -0.1) is 0 Å². The molecule has 2 aromatic carbocycles. The lowest BCUT2D eigenvalue weighted by molar-refractivity contribution is -0.128. The van der Waals surface area contributed by atoms with E-state index in [1.54, 1.807) is 19.1 Å². The molecule has 1 heterocycles. The lowest BCUT2D eigenvalue weighted by atomic mass is 10.1. The highest BCUT2D eigenvalue weighted by atomic mass is 16.5. The molecular formula is C23H28N2O4. The molecule has 0 saturated carbocycles. The zero-order chi connectivity index (χ0) is 21.0. The maximum Gasteiger partial charge on any atom is 0.229 e. The fraction of sp³-hybridized carbons (Fsp3) is 0.391. The molecule has 0 bridgehead atoms. The zero-order valence-electron chi connectivity index (χ0n) is 17.5. The van der Waals surface area contributed by atoms with Gasteiger partial charge >= 0.3 is 0 Å². The van der Waals surface area contributed by atoms with Crippen molar-refractivity contribution in [3.8, 4) is 11.5 Å². The molecule has 6 nitrogen and oxygen atoms in total. The molecule has 0 aliphatic carbocycles. The Morgan fingerprint density at radius 2 is 1.76 bits per heavy atom. The summed E-state index contributed by atoms with van der Waals surface area (Å²) in [5.41, 5.74) is 4.03. The van der Waals surface area contributed by atoms with Gasteiger partial charge in [-0.1, -0.05) is 12.1 Å². The first-order valence-electron chi connectivity index (χ1n) is 9.77. The van der Waals surface area contributed by atoms with E-state index in [-0.39, 0.29) is 24.2 Å². The zero-order valence-corrected chi connectivity index (χ0v) is 17.5. The van der Waals surface area contributed by atoms with E-state index in [0.717, 1.165) is 22.4 Å². The molecule has 154 valence electrons. The van der Waals surface area contributed by atoms with Crippen LogP contribution in [-0.4, -0.2) is 44.0 Å². The number of carbonyl (C=O) groups excluding carboxylic acids is 2. The van der Waals surface area contributed by atoms with E-state index in [1.807, 2.05) is 44.2 Å². The SMILES string of the molecule is COc1ccc(CCN2CC(C(=O)Nc3cc(C)cc(C)c3)CC2=O)cc1OC. The summed E-state index contributed by atoms with van der Waals surface area (Å²) in [5, 5.41) is 2.96. The number of hydrogen-bond acceptors (Lipinski definition) is 4. The second-order valence-electron chi connectivity index (χ2n) is 7.55. The molecule has 6 heteroatoms. The third-order valence-corrected chi connectivity index (χ3v) is 5.19. The van der Waals surface area contributed by atoms with Crippen molar-refractivity contribution >= 4 is 17.5 Å². The van der Waals surface area contributed by atoms with Crippen molar-refractivity contribution < 1.29 is 19.1 Å². The van der Waals surface area contributed by atoms with E-state index in [9.17, 15) is 9.59 Å². The molecular weight excluding hydrogens is 368 g/mol. The van der Waals surface area contributed by atoms with Gasteiger partial charge in [0.25, 0.3) is 0 Å². The van der Waals surface area contributed by atoms with Gasteiger partial charge in [-0.05, 0) is 61.2 Å². The highest BCUT2D eigenvalue weighted by molar-refractivity contribution is 5.97. The number of nitrogens with one attached hydrogen (secondary N) is 1. The molecule has 1 unspecified atom stereocenters. The largest absolute Gasteiger partial charge is 0.493 e. The summed E-state index contributed by atoms with van der Waals surface area (Å²) in [7, 11) is 3.20. The number of likely N-dealkylation sites (tertiary alicyclic amines) is 1. The Kier molecular flexibility index (Phi) is 6.42. The van der Waals surface area contributed by atoms with Crippen molar-refractivity contribution in [1.29, 1.82) is 0 Å². The lowest BCUT2D eigenvalue weighted by Gasteiger charge is -2.17. The topological polar surface area (TPSA) is 67.9 Å². The number of amides is 2. The predicted octanol–water partition coefficient (Wildman–Crippen LogP) is 3.35. The van der Waals surface area contributed by atoms with Gasteiger partial charge in [0.1, 0.15) is 0 Å². The number of hydrogen-bond donors (Lipinski definition) is 1. The summed E-state index contributed by atoms with van der Waals surface area (Å²) in [6.45, 7) is 5.01. The van der Waals surface area contributed by atoms with E-state index < -0.39 is 0 Å². The maximum atomic E-state index is 12.6. The van der Waals surface area contributed by atoms with Gasteiger partial charge in [-0.25, -0.2) is 0 Å². The van der Waals surface area contributed by atoms with Gasteiger partial charge in [-0.2, -0.15) is 0 Å². The minimum atomic E-state index is -0.325. The van der Waals surface area contributed by atoms with Crippen LogP contribution < -0.4 is 14.8 Å². The molecule has 0 spiro atoms.